The first-order chi connectivity index (χ1) is 10.1. The average molecular weight is 289 g/mol. The van der Waals surface area contributed by atoms with Crippen molar-refractivity contribution < 1.29 is 18.3 Å². The number of halogens is 3. The van der Waals surface area contributed by atoms with Gasteiger partial charge in [-0.1, -0.05) is 24.3 Å². The number of pyridine rings is 1. The van der Waals surface area contributed by atoms with Gasteiger partial charge in [0.2, 0.25) is 0 Å². The van der Waals surface area contributed by atoms with Crippen molar-refractivity contribution >= 4 is 10.9 Å². The molecule has 1 N–H and O–H groups in total. The SMILES string of the molecule is OC(c1ccc(F)c(F)c1F)c1cccc2ncccc12. The number of nitrogens with zero attached hydrogens (tertiary/aromatic N) is 1. The van der Waals surface area contributed by atoms with E-state index in [4.69, 9.17) is 0 Å². The van der Waals surface area contributed by atoms with Gasteiger partial charge in [0.25, 0.3) is 0 Å². The summed E-state index contributed by atoms with van der Waals surface area (Å²) in [4.78, 5) is 4.13. The lowest BCUT2D eigenvalue weighted by molar-refractivity contribution is 0.214. The Balaban J connectivity index is 2.17. The van der Waals surface area contributed by atoms with Crippen LogP contribution in [0.3, 0.4) is 0 Å². The van der Waals surface area contributed by atoms with E-state index in [9.17, 15) is 18.3 Å². The van der Waals surface area contributed by atoms with Crippen molar-refractivity contribution in [3.8, 4) is 0 Å². The van der Waals surface area contributed by atoms with E-state index in [1.807, 2.05) is 0 Å². The molecule has 21 heavy (non-hydrogen) atoms. The van der Waals surface area contributed by atoms with Crippen LogP contribution in [0.15, 0.2) is 48.7 Å². The lowest BCUT2D eigenvalue weighted by Crippen LogP contribution is -2.06. The quantitative estimate of drug-likeness (QED) is 0.729. The van der Waals surface area contributed by atoms with Gasteiger partial charge in [-0.25, -0.2) is 13.2 Å². The van der Waals surface area contributed by atoms with Crippen molar-refractivity contribution in [1.82, 2.24) is 4.98 Å². The zero-order valence-corrected chi connectivity index (χ0v) is 10.7. The molecule has 3 aromatic rings. The van der Waals surface area contributed by atoms with Crippen molar-refractivity contribution in [2.75, 3.05) is 0 Å². The van der Waals surface area contributed by atoms with Gasteiger partial charge < -0.3 is 5.11 Å². The minimum atomic E-state index is -1.59. The van der Waals surface area contributed by atoms with Gasteiger partial charge in [0.05, 0.1) is 5.52 Å². The fourth-order valence-corrected chi connectivity index (χ4v) is 2.29. The molecule has 0 radical (unpaired) electrons. The Labute approximate surface area is 118 Å². The number of rotatable bonds is 2. The van der Waals surface area contributed by atoms with Gasteiger partial charge >= 0.3 is 0 Å². The van der Waals surface area contributed by atoms with E-state index in [0.29, 0.717) is 16.5 Å². The van der Waals surface area contributed by atoms with Gasteiger partial charge in [-0.2, -0.15) is 0 Å². The Hall–Kier alpha value is -2.40. The summed E-state index contributed by atoms with van der Waals surface area (Å²) in [5.74, 6) is -4.27. The Morgan fingerprint density at radius 3 is 2.48 bits per heavy atom. The molecule has 2 nitrogen and oxygen atoms in total. The van der Waals surface area contributed by atoms with Crippen LogP contribution in [0.5, 0.6) is 0 Å². The molecule has 0 aliphatic carbocycles. The van der Waals surface area contributed by atoms with E-state index in [-0.39, 0.29) is 5.56 Å². The maximum Gasteiger partial charge on any atom is 0.194 e. The predicted molar refractivity (Wildman–Crippen MR) is 72.1 cm³/mol. The highest BCUT2D eigenvalue weighted by Crippen LogP contribution is 2.30. The number of aliphatic hydroxyl groups is 1. The molecule has 0 spiro atoms. The van der Waals surface area contributed by atoms with Gasteiger partial charge in [-0.3, -0.25) is 4.98 Å². The second kappa shape index (κ2) is 5.18. The Bertz CT molecular complexity index is 814. The van der Waals surface area contributed by atoms with Crippen LogP contribution in [0, 0.1) is 17.5 Å². The van der Waals surface area contributed by atoms with Gasteiger partial charge in [0.1, 0.15) is 6.10 Å². The van der Waals surface area contributed by atoms with Gasteiger partial charge in [-0.15, -0.1) is 0 Å². The molecule has 106 valence electrons. The molecular weight excluding hydrogens is 279 g/mol. The summed E-state index contributed by atoms with van der Waals surface area (Å²) < 4.78 is 40.1. The van der Waals surface area contributed by atoms with Crippen LogP contribution in [-0.2, 0) is 0 Å². The fourth-order valence-electron chi connectivity index (χ4n) is 2.29. The summed E-state index contributed by atoms with van der Waals surface area (Å²) >= 11 is 0. The molecule has 1 aromatic heterocycles. The highest BCUT2D eigenvalue weighted by molar-refractivity contribution is 5.82. The molecule has 0 fully saturated rings. The van der Waals surface area contributed by atoms with Crippen molar-refractivity contribution in [3.63, 3.8) is 0 Å². The number of aliphatic hydroxyl groups excluding tert-OH is 1. The van der Waals surface area contributed by atoms with Gasteiger partial charge in [0, 0.05) is 17.1 Å². The van der Waals surface area contributed by atoms with Crippen LogP contribution >= 0.6 is 0 Å². The van der Waals surface area contributed by atoms with Gasteiger partial charge in [0.15, 0.2) is 17.5 Å². The molecule has 5 heteroatoms. The minimum Gasteiger partial charge on any atom is -0.384 e. The first-order valence-corrected chi connectivity index (χ1v) is 6.24. The second-order valence-corrected chi connectivity index (χ2v) is 4.58. The van der Waals surface area contributed by atoms with E-state index in [2.05, 4.69) is 4.98 Å². The number of aromatic nitrogens is 1. The Morgan fingerprint density at radius 2 is 1.67 bits per heavy atom. The molecule has 0 aliphatic heterocycles. The molecular formula is C16H10F3NO. The summed E-state index contributed by atoms with van der Waals surface area (Å²) in [5, 5.41) is 11.0. The molecule has 0 amide bonds. The van der Waals surface area contributed by atoms with E-state index >= 15 is 0 Å². The maximum atomic E-state index is 13.8. The summed E-state index contributed by atoms with van der Waals surface area (Å²) in [5.41, 5.74) is 0.688. The predicted octanol–water partition coefficient (Wildman–Crippen LogP) is 3.73. The third kappa shape index (κ3) is 2.25. The molecule has 1 heterocycles. The molecule has 3 rings (SSSR count). The molecule has 0 bridgehead atoms. The largest absolute Gasteiger partial charge is 0.384 e. The topological polar surface area (TPSA) is 33.1 Å². The van der Waals surface area contributed by atoms with Crippen LogP contribution in [0.2, 0.25) is 0 Å². The van der Waals surface area contributed by atoms with Crippen LogP contribution in [0.4, 0.5) is 13.2 Å². The van der Waals surface area contributed by atoms with E-state index in [1.165, 1.54) is 0 Å². The lowest BCUT2D eigenvalue weighted by atomic mass is 9.97. The third-order valence-electron chi connectivity index (χ3n) is 3.33. The number of fused-ring (bicyclic) bond motifs is 1. The molecule has 0 saturated heterocycles. The fraction of sp³-hybridized carbons (Fsp3) is 0.0625. The number of hydrogen-bond donors (Lipinski definition) is 1. The van der Waals surface area contributed by atoms with Crippen molar-refractivity contribution in [3.05, 3.63) is 77.2 Å². The lowest BCUT2D eigenvalue weighted by Gasteiger charge is -2.15. The molecule has 2 aromatic carbocycles. The zero-order chi connectivity index (χ0) is 15.0. The van der Waals surface area contributed by atoms with Crippen LogP contribution in [0.1, 0.15) is 17.2 Å². The molecule has 0 aliphatic rings. The average Bonchev–Trinajstić information content (AvgIpc) is 2.51. The third-order valence-corrected chi connectivity index (χ3v) is 3.33. The van der Waals surface area contributed by atoms with Crippen LogP contribution in [-0.4, -0.2) is 10.1 Å². The summed E-state index contributed by atoms with van der Waals surface area (Å²) in [6.45, 7) is 0. The summed E-state index contributed by atoms with van der Waals surface area (Å²) in [7, 11) is 0. The van der Waals surface area contributed by atoms with Crippen molar-refractivity contribution in [2.24, 2.45) is 0 Å². The first kappa shape index (κ1) is 13.6. The highest BCUT2D eigenvalue weighted by Gasteiger charge is 2.21. The Kier molecular flexibility index (Phi) is 3.35. The number of hydrogen-bond acceptors (Lipinski definition) is 2. The highest BCUT2D eigenvalue weighted by atomic mass is 19.2. The normalized spacial score (nSPS) is 12.6. The first-order valence-electron chi connectivity index (χ1n) is 6.24. The summed E-state index contributed by atoms with van der Waals surface area (Å²) in [6, 6.07) is 10.2. The van der Waals surface area contributed by atoms with Crippen molar-refractivity contribution in [2.45, 2.75) is 6.10 Å². The summed E-state index contributed by atoms with van der Waals surface area (Å²) in [6.07, 6.45) is 0.185. The van der Waals surface area contributed by atoms with E-state index in [0.717, 1.165) is 12.1 Å². The van der Waals surface area contributed by atoms with Gasteiger partial charge in [-0.05, 0) is 23.8 Å². The van der Waals surface area contributed by atoms with Crippen LogP contribution < -0.4 is 0 Å². The smallest absolute Gasteiger partial charge is 0.194 e. The molecule has 0 saturated carbocycles. The Morgan fingerprint density at radius 1 is 0.857 bits per heavy atom. The minimum absolute atomic E-state index is 0.315. The zero-order valence-electron chi connectivity index (χ0n) is 10.7. The van der Waals surface area contributed by atoms with E-state index < -0.39 is 23.6 Å². The molecule has 1 unspecified atom stereocenters. The monoisotopic (exact) mass is 289 g/mol. The second-order valence-electron chi connectivity index (χ2n) is 4.58. The number of benzene rings is 2. The maximum absolute atomic E-state index is 13.8. The molecule has 1 atom stereocenters. The standard InChI is InChI=1S/C16H10F3NO/c17-12-7-6-11(14(18)15(12)19)16(21)10-3-1-5-13-9(10)4-2-8-20-13/h1-8,16,21H. The van der Waals surface area contributed by atoms with Crippen molar-refractivity contribution in [1.29, 1.82) is 0 Å². The van der Waals surface area contributed by atoms with Crippen LogP contribution in [0.25, 0.3) is 10.9 Å². The van der Waals surface area contributed by atoms with E-state index in [1.54, 1.807) is 36.5 Å².